The third-order valence-corrected chi connectivity index (χ3v) is 11.2. The highest BCUT2D eigenvalue weighted by Crippen LogP contribution is 2.68. The first-order valence-electron chi connectivity index (χ1n) is 14.8. The van der Waals surface area contributed by atoms with Gasteiger partial charge in [0, 0.05) is 6.42 Å². The van der Waals surface area contributed by atoms with Gasteiger partial charge in [0.2, 0.25) is 0 Å². The number of hydrogen-bond acceptors (Lipinski definition) is 8. The number of nitrogens with zero attached hydrogens (tertiary/aromatic N) is 1. The summed E-state index contributed by atoms with van der Waals surface area (Å²) in [7, 11) is 0. The molecule has 216 valence electrons. The van der Waals surface area contributed by atoms with Gasteiger partial charge in [-0.05, 0) is 118 Å². The lowest BCUT2D eigenvalue weighted by molar-refractivity contribution is -0.180. The molecule has 11 unspecified atom stereocenters. The van der Waals surface area contributed by atoms with Crippen LogP contribution in [0.5, 0.6) is 0 Å². The van der Waals surface area contributed by atoms with Crippen molar-refractivity contribution >= 4 is 11.9 Å². The standard InChI is InChI=1S/C30H49NO7/c1-17(7-10-25(34)37-16-26(35)38-28(2,3)4)20-8-9-21-27-22(15-24(33)30(20,21)6)29(5)12-11-19(32)13-18(29)14-23(27)31-36/h17-24,27,32-33H,7-16H2,1-6H3. The molecular weight excluding hydrogens is 486 g/mol. The molecule has 0 saturated heterocycles. The topological polar surface area (TPSA) is 122 Å². The molecule has 11 atom stereocenters. The molecule has 38 heavy (non-hydrogen) atoms. The van der Waals surface area contributed by atoms with Gasteiger partial charge in [-0.15, -0.1) is 0 Å². The normalized spacial score (nSPS) is 43.3. The van der Waals surface area contributed by atoms with Gasteiger partial charge in [0.1, 0.15) is 5.60 Å². The maximum atomic E-state index is 12.4. The summed E-state index contributed by atoms with van der Waals surface area (Å²) < 4.78 is 10.4. The number of rotatable bonds is 7. The molecule has 4 saturated carbocycles. The van der Waals surface area contributed by atoms with E-state index in [-0.39, 0.29) is 71.5 Å². The van der Waals surface area contributed by atoms with Crippen molar-refractivity contribution in [2.45, 2.75) is 123 Å². The molecule has 8 heteroatoms. The molecule has 0 radical (unpaired) electrons. The molecule has 0 aromatic heterocycles. The highest BCUT2D eigenvalue weighted by molar-refractivity contribution is 5.76. The van der Waals surface area contributed by atoms with Crippen LogP contribution in [0.15, 0.2) is 5.18 Å². The first-order valence-corrected chi connectivity index (χ1v) is 14.8. The Hall–Kier alpha value is -1.54. The largest absolute Gasteiger partial charge is 0.457 e. The van der Waals surface area contributed by atoms with Crippen LogP contribution in [-0.2, 0) is 19.1 Å². The molecule has 4 rings (SSSR count). The number of esters is 2. The van der Waals surface area contributed by atoms with Crippen molar-refractivity contribution in [3.05, 3.63) is 4.91 Å². The zero-order chi connectivity index (χ0) is 28.0. The van der Waals surface area contributed by atoms with Crippen molar-refractivity contribution < 1.29 is 29.3 Å². The van der Waals surface area contributed by atoms with Crippen molar-refractivity contribution in [2.24, 2.45) is 51.5 Å². The predicted octanol–water partition coefficient (Wildman–Crippen LogP) is 5.02. The third kappa shape index (κ3) is 5.41. The summed E-state index contributed by atoms with van der Waals surface area (Å²) in [5.41, 5.74) is -0.935. The average Bonchev–Trinajstić information content (AvgIpc) is 3.19. The van der Waals surface area contributed by atoms with Gasteiger partial charge >= 0.3 is 11.9 Å². The van der Waals surface area contributed by atoms with E-state index in [1.54, 1.807) is 20.8 Å². The number of fused-ring (bicyclic) bond motifs is 5. The van der Waals surface area contributed by atoms with E-state index in [9.17, 15) is 24.7 Å². The maximum Gasteiger partial charge on any atom is 0.344 e. The molecule has 4 fully saturated rings. The molecule has 0 aromatic rings. The zero-order valence-electron chi connectivity index (χ0n) is 24.2. The van der Waals surface area contributed by atoms with Gasteiger partial charge in [0.05, 0.1) is 18.2 Å². The van der Waals surface area contributed by atoms with Gasteiger partial charge < -0.3 is 19.7 Å². The number of nitroso groups, excluding NO2 is 1. The van der Waals surface area contributed by atoms with Gasteiger partial charge in [-0.1, -0.05) is 25.9 Å². The summed E-state index contributed by atoms with van der Waals surface area (Å²) in [6, 6.07) is -0.267. The lowest BCUT2D eigenvalue weighted by Gasteiger charge is -2.63. The van der Waals surface area contributed by atoms with Crippen LogP contribution in [0.1, 0.15) is 99.3 Å². The van der Waals surface area contributed by atoms with Crippen LogP contribution in [0.25, 0.3) is 0 Å². The van der Waals surface area contributed by atoms with Gasteiger partial charge in [-0.3, -0.25) is 4.79 Å². The minimum absolute atomic E-state index is 0.0228. The first kappa shape index (κ1) is 29.4. The van der Waals surface area contributed by atoms with Crippen LogP contribution < -0.4 is 0 Å². The lowest BCUT2D eigenvalue weighted by atomic mass is 9.42. The monoisotopic (exact) mass is 535 g/mol. The Bertz CT molecular complexity index is 902. The van der Waals surface area contributed by atoms with Crippen molar-refractivity contribution in [1.29, 1.82) is 0 Å². The summed E-state index contributed by atoms with van der Waals surface area (Å²) in [6.07, 6.45) is 5.84. The van der Waals surface area contributed by atoms with Crippen molar-refractivity contribution in [2.75, 3.05) is 6.61 Å². The Morgan fingerprint density at radius 3 is 2.39 bits per heavy atom. The van der Waals surface area contributed by atoms with Crippen LogP contribution in [0.4, 0.5) is 0 Å². The fourth-order valence-corrected chi connectivity index (χ4v) is 9.37. The van der Waals surface area contributed by atoms with Crippen LogP contribution in [0.3, 0.4) is 0 Å². The summed E-state index contributed by atoms with van der Waals surface area (Å²) in [6.45, 7) is 11.6. The van der Waals surface area contributed by atoms with Gasteiger partial charge in [-0.2, -0.15) is 4.91 Å². The Labute approximate surface area is 227 Å². The fourth-order valence-electron chi connectivity index (χ4n) is 9.37. The second-order valence-corrected chi connectivity index (χ2v) is 14.4. The SMILES string of the molecule is CC(CCC(=O)OCC(=O)OC(C)(C)C)C1CCC2C3C(N=O)CC4CC(O)CCC4(C)C3CC(O)C12C. The molecule has 2 N–H and O–H groups in total. The smallest absolute Gasteiger partial charge is 0.344 e. The quantitative estimate of drug-likeness (QED) is 0.346. The second-order valence-electron chi connectivity index (χ2n) is 14.4. The van der Waals surface area contributed by atoms with Crippen molar-refractivity contribution in [1.82, 2.24) is 0 Å². The fraction of sp³-hybridized carbons (Fsp3) is 0.933. The molecule has 0 spiro atoms. The number of ether oxygens (including phenoxy) is 2. The van der Waals surface area contributed by atoms with Crippen molar-refractivity contribution in [3.63, 3.8) is 0 Å². The molecule has 0 aromatic carbocycles. The molecular formula is C30H49NO7. The number of aliphatic hydroxyl groups is 2. The number of carbonyl (C=O) groups excluding carboxylic acids is 2. The van der Waals surface area contributed by atoms with E-state index >= 15 is 0 Å². The van der Waals surface area contributed by atoms with E-state index < -0.39 is 23.6 Å². The first-order chi connectivity index (χ1) is 17.7. The second kappa shape index (κ2) is 10.8. The minimum atomic E-state index is -0.625. The molecule has 8 nitrogen and oxygen atoms in total. The van der Waals surface area contributed by atoms with E-state index in [0.717, 1.165) is 38.5 Å². The van der Waals surface area contributed by atoms with Gasteiger partial charge in [0.25, 0.3) is 0 Å². The summed E-state index contributed by atoms with van der Waals surface area (Å²) in [5.74, 6) is 0.332. The molecule has 0 amide bonds. The predicted molar refractivity (Wildman–Crippen MR) is 143 cm³/mol. The zero-order valence-corrected chi connectivity index (χ0v) is 24.2. The molecule has 4 aliphatic rings. The molecule has 0 aliphatic heterocycles. The van der Waals surface area contributed by atoms with E-state index in [4.69, 9.17) is 9.47 Å². The number of aliphatic hydroxyl groups excluding tert-OH is 2. The van der Waals surface area contributed by atoms with Crippen LogP contribution in [-0.4, -0.2) is 52.6 Å². The van der Waals surface area contributed by atoms with Crippen LogP contribution in [0.2, 0.25) is 0 Å². The highest BCUT2D eigenvalue weighted by atomic mass is 16.6. The summed E-state index contributed by atoms with van der Waals surface area (Å²) in [4.78, 5) is 36.4. The van der Waals surface area contributed by atoms with E-state index in [1.807, 2.05) is 0 Å². The molecule has 0 heterocycles. The number of hydrogen-bond donors (Lipinski definition) is 2. The highest BCUT2D eigenvalue weighted by Gasteiger charge is 2.66. The Morgan fingerprint density at radius 2 is 1.74 bits per heavy atom. The maximum absolute atomic E-state index is 12.4. The van der Waals surface area contributed by atoms with Crippen molar-refractivity contribution in [3.8, 4) is 0 Å². The Kier molecular flexibility index (Phi) is 8.36. The minimum Gasteiger partial charge on any atom is -0.457 e. The van der Waals surface area contributed by atoms with Crippen LogP contribution in [0, 0.1) is 51.2 Å². The molecule has 0 bridgehead atoms. The number of carbonyl (C=O) groups is 2. The Morgan fingerprint density at radius 1 is 1.03 bits per heavy atom. The van der Waals surface area contributed by atoms with Gasteiger partial charge in [-0.25, -0.2) is 4.79 Å². The molecule has 4 aliphatic carbocycles. The third-order valence-electron chi connectivity index (χ3n) is 11.2. The van der Waals surface area contributed by atoms with E-state index in [1.165, 1.54) is 0 Å². The Balaban J connectivity index is 1.42. The van der Waals surface area contributed by atoms with E-state index in [2.05, 4.69) is 25.9 Å². The van der Waals surface area contributed by atoms with Crippen LogP contribution >= 0.6 is 0 Å². The lowest BCUT2D eigenvalue weighted by Crippen LogP contribution is -2.62. The average molecular weight is 536 g/mol. The summed E-state index contributed by atoms with van der Waals surface area (Å²) in [5, 5.41) is 25.7. The summed E-state index contributed by atoms with van der Waals surface area (Å²) >= 11 is 0. The van der Waals surface area contributed by atoms with E-state index in [0.29, 0.717) is 12.8 Å². The van der Waals surface area contributed by atoms with Gasteiger partial charge in [0.15, 0.2) is 6.61 Å².